The van der Waals surface area contributed by atoms with Gasteiger partial charge in [-0.15, -0.1) is 0 Å². The van der Waals surface area contributed by atoms with E-state index in [0.717, 1.165) is 24.3 Å². The predicted octanol–water partition coefficient (Wildman–Crippen LogP) is 2.22. The van der Waals surface area contributed by atoms with Crippen molar-refractivity contribution < 1.29 is 9.67 Å². The monoisotopic (exact) mass is 224 g/mol. The van der Waals surface area contributed by atoms with E-state index in [4.69, 9.17) is 5.11 Å². The van der Waals surface area contributed by atoms with Crippen molar-refractivity contribution in [1.29, 1.82) is 0 Å². The smallest absolute Gasteiger partial charge is 0.118 e. The summed E-state index contributed by atoms with van der Waals surface area (Å²) in [4.78, 5) is 0. The van der Waals surface area contributed by atoms with Crippen LogP contribution in [0.2, 0.25) is 0 Å². The molecule has 2 nitrogen and oxygen atoms in total. The average Bonchev–Trinajstić information content (AvgIpc) is 2.64. The summed E-state index contributed by atoms with van der Waals surface area (Å²) in [5.41, 5.74) is 0.213. The zero-order valence-electron chi connectivity index (χ0n) is 8.80. The molecule has 1 aliphatic heterocycles. The second-order valence-electron chi connectivity index (χ2n) is 4.16. The molecule has 3 heteroatoms. The lowest BCUT2D eigenvalue weighted by Gasteiger charge is -2.20. The summed E-state index contributed by atoms with van der Waals surface area (Å²) in [6, 6.07) is 9.78. The Morgan fingerprint density at radius 3 is 2.73 bits per heavy atom. The molecule has 1 aliphatic rings. The zero-order valence-corrected chi connectivity index (χ0v) is 9.70. The van der Waals surface area contributed by atoms with Gasteiger partial charge >= 0.3 is 0 Å². The molecule has 0 spiro atoms. The number of rotatable bonds is 3. The minimum Gasteiger partial charge on any atom is -0.396 e. The van der Waals surface area contributed by atoms with Gasteiger partial charge in [0.2, 0.25) is 0 Å². The van der Waals surface area contributed by atoms with Gasteiger partial charge in [-0.05, 0) is 19.3 Å². The Hall–Kier alpha value is -0.590. The quantitative estimate of drug-likeness (QED) is 0.799. The summed E-state index contributed by atoms with van der Waals surface area (Å²) in [5, 5.41) is 9.99. The van der Waals surface area contributed by atoms with Gasteiger partial charge in [-0.1, -0.05) is 30.3 Å². The Morgan fingerprint density at radius 1 is 1.33 bits per heavy atom. The number of hydrogen-bond donors (Lipinski definition) is 1. The van der Waals surface area contributed by atoms with Crippen molar-refractivity contribution in [3.63, 3.8) is 0 Å². The highest BCUT2D eigenvalue weighted by Crippen LogP contribution is 2.57. The Kier molecular flexibility index (Phi) is 3.28. The first-order chi connectivity index (χ1) is 7.27. The number of aliphatic hydroxyl groups is 1. The Balaban J connectivity index is 2.29. The van der Waals surface area contributed by atoms with Gasteiger partial charge in [0.1, 0.15) is 7.14 Å². The molecule has 0 aliphatic carbocycles. The summed E-state index contributed by atoms with van der Waals surface area (Å²) < 4.78 is 12.8. The summed E-state index contributed by atoms with van der Waals surface area (Å²) in [6.45, 7) is 0.154. The van der Waals surface area contributed by atoms with Crippen LogP contribution < -0.4 is 5.30 Å². The fraction of sp³-hybridized carbons (Fsp3) is 0.500. The minimum absolute atomic E-state index is 0.154. The van der Waals surface area contributed by atoms with E-state index >= 15 is 0 Å². The van der Waals surface area contributed by atoms with E-state index < -0.39 is 7.14 Å². The van der Waals surface area contributed by atoms with Crippen molar-refractivity contribution in [3.05, 3.63) is 30.3 Å². The fourth-order valence-electron chi connectivity index (χ4n) is 2.48. The molecule has 1 aromatic rings. The Labute approximate surface area is 90.7 Å². The van der Waals surface area contributed by atoms with E-state index in [0.29, 0.717) is 6.42 Å². The molecule has 0 unspecified atom stereocenters. The highest BCUT2D eigenvalue weighted by atomic mass is 31.2. The SMILES string of the molecule is O=[P@]1(c2ccccc2)CCC[C@@H]1CCO. The molecular weight excluding hydrogens is 207 g/mol. The van der Waals surface area contributed by atoms with E-state index in [9.17, 15) is 4.57 Å². The maximum Gasteiger partial charge on any atom is 0.118 e. The molecule has 1 fully saturated rings. The highest BCUT2D eigenvalue weighted by molar-refractivity contribution is 7.72. The van der Waals surface area contributed by atoms with Crippen LogP contribution in [-0.4, -0.2) is 23.5 Å². The van der Waals surface area contributed by atoms with Gasteiger partial charge in [0, 0.05) is 23.7 Å². The molecule has 0 aromatic heterocycles. The van der Waals surface area contributed by atoms with Crippen molar-refractivity contribution in [2.75, 3.05) is 12.8 Å². The molecule has 82 valence electrons. The number of benzene rings is 1. The van der Waals surface area contributed by atoms with Crippen LogP contribution in [0.1, 0.15) is 19.3 Å². The molecule has 0 radical (unpaired) electrons. The molecule has 1 saturated heterocycles. The van der Waals surface area contributed by atoms with Crippen molar-refractivity contribution in [3.8, 4) is 0 Å². The van der Waals surface area contributed by atoms with Crippen LogP contribution in [-0.2, 0) is 4.57 Å². The Morgan fingerprint density at radius 2 is 2.07 bits per heavy atom. The lowest BCUT2D eigenvalue weighted by Crippen LogP contribution is -2.15. The molecule has 15 heavy (non-hydrogen) atoms. The third-order valence-electron chi connectivity index (χ3n) is 3.27. The second kappa shape index (κ2) is 4.51. The van der Waals surface area contributed by atoms with E-state index in [1.54, 1.807) is 0 Å². The van der Waals surface area contributed by atoms with Gasteiger partial charge in [-0.25, -0.2) is 0 Å². The zero-order chi connectivity index (χ0) is 10.7. The first-order valence-corrected chi connectivity index (χ1v) is 7.49. The maximum atomic E-state index is 12.8. The fourth-order valence-corrected chi connectivity index (χ4v) is 5.98. The number of hydrogen-bond acceptors (Lipinski definition) is 2. The third-order valence-corrected chi connectivity index (χ3v) is 7.12. The van der Waals surface area contributed by atoms with Crippen LogP contribution in [0.3, 0.4) is 0 Å². The number of aliphatic hydroxyl groups excluding tert-OH is 1. The summed E-state index contributed by atoms with van der Waals surface area (Å²) in [5.74, 6) is 0. The molecular formula is C12H17O2P. The molecule has 1 heterocycles. The van der Waals surface area contributed by atoms with E-state index in [-0.39, 0.29) is 12.3 Å². The van der Waals surface area contributed by atoms with E-state index in [1.165, 1.54) is 0 Å². The first-order valence-electron chi connectivity index (χ1n) is 5.52. The van der Waals surface area contributed by atoms with E-state index in [2.05, 4.69) is 0 Å². The second-order valence-corrected chi connectivity index (χ2v) is 7.45. The van der Waals surface area contributed by atoms with Crippen molar-refractivity contribution >= 4 is 12.4 Å². The third kappa shape index (κ3) is 2.02. The molecule has 0 bridgehead atoms. The normalized spacial score (nSPS) is 30.6. The molecule has 0 saturated carbocycles. The lowest BCUT2D eigenvalue weighted by atomic mass is 10.2. The summed E-state index contributed by atoms with van der Waals surface area (Å²) in [6.07, 6.45) is 3.55. The molecule has 1 N–H and O–H groups in total. The van der Waals surface area contributed by atoms with Crippen LogP contribution >= 0.6 is 7.14 Å². The van der Waals surface area contributed by atoms with Crippen molar-refractivity contribution in [2.45, 2.75) is 24.9 Å². The maximum absolute atomic E-state index is 12.8. The van der Waals surface area contributed by atoms with Gasteiger partial charge in [-0.3, -0.25) is 0 Å². The Bertz CT molecular complexity index is 361. The van der Waals surface area contributed by atoms with Crippen LogP contribution in [0.4, 0.5) is 0 Å². The molecule has 0 amide bonds. The van der Waals surface area contributed by atoms with Gasteiger partial charge in [-0.2, -0.15) is 0 Å². The predicted molar refractivity (Wildman–Crippen MR) is 63.3 cm³/mol. The standard InChI is InChI=1S/C12H17O2P/c13-9-8-12-7-4-10-15(12,14)11-5-2-1-3-6-11/h1-3,5-6,12-13H,4,7-10H2/t12-,15+/m1/s1. The molecule has 2 atom stereocenters. The van der Waals surface area contributed by atoms with Gasteiger partial charge in [0.05, 0.1) is 0 Å². The van der Waals surface area contributed by atoms with Crippen molar-refractivity contribution in [1.82, 2.24) is 0 Å². The summed E-state index contributed by atoms with van der Waals surface area (Å²) >= 11 is 0. The molecule has 2 rings (SSSR count). The van der Waals surface area contributed by atoms with Gasteiger partial charge in [0.15, 0.2) is 0 Å². The van der Waals surface area contributed by atoms with Crippen molar-refractivity contribution in [2.24, 2.45) is 0 Å². The summed E-state index contributed by atoms with van der Waals surface area (Å²) in [7, 11) is -2.21. The van der Waals surface area contributed by atoms with Gasteiger partial charge < -0.3 is 9.67 Å². The first kappa shape index (κ1) is 10.9. The highest BCUT2D eigenvalue weighted by Gasteiger charge is 2.38. The van der Waals surface area contributed by atoms with Crippen LogP contribution in [0, 0.1) is 0 Å². The van der Waals surface area contributed by atoms with Gasteiger partial charge in [0.25, 0.3) is 0 Å². The van der Waals surface area contributed by atoms with Crippen LogP contribution in [0.25, 0.3) is 0 Å². The largest absolute Gasteiger partial charge is 0.396 e. The average molecular weight is 224 g/mol. The molecule has 1 aromatic carbocycles. The van der Waals surface area contributed by atoms with Crippen LogP contribution in [0.15, 0.2) is 30.3 Å². The minimum atomic E-state index is -2.21. The van der Waals surface area contributed by atoms with E-state index in [1.807, 2.05) is 30.3 Å². The van der Waals surface area contributed by atoms with Crippen LogP contribution in [0.5, 0.6) is 0 Å². The topological polar surface area (TPSA) is 37.3 Å². The lowest BCUT2D eigenvalue weighted by molar-refractivity contribution is 0.285.